The van der Waals surface area contributed by atoms with Gasteiger partial charge in [-0.3, -0.25) is 0 Å². The van der Waals surface area contributed by atoms with E-state index in [4.69, 9.17) is 6.42 Å². The van der Waals surface area contributed by atoms with Crippen molar-refractivity contribution in [2.24, 2.45) is 0 Å². The molecule has 0 spiro atoms. The Bertz CT molecular complexity index is 519. The molecule has 0 amide bonds. The van der Waals surface area contributed by atoms with Gasteiger partial charge >= 0.3 is 0 Å². The molecule has 1 rings (SSSR count). The van der Waals surface area contributed by atoms with E-state index in [2.05, 4.69) is 12.8 Å². The molecule has 0 saturated heterocycles. The smallest absolute Gasteiger partial charge is 0.180 e. The van der Waals surface area contributed by atoms with Gasteiger partial charge in [-0.25, -0.2) is 8.42 Å². The van der Waals surface area contributed by atoms with Crippen LogP contribution in [0.3, 0.4) is 0 Å². The fraction of sp³-hybridized carbons (Fsp3) is 0.467. The van der Waals surface area contributed by atoms with E-state index in [9.17, 15) is 8.42 Å². The third kappa shape index (κ3) is 3.14. The quantitative estimate of drug-likeness (QED) is 0.764. The van der Waals surface area contributed by atoms with E-state index in [0.717, 1.165) is 12.0 Å². The highest BCUT2D eigenvalue weighted by Crippen LogP contribution is 2.25. The molecule has 0 fully saturated rings. The normalized spacial score (nSPS) is 13.3. The average molecular weight is 264 g/mol. The standard InChI is InChI=1S/C15H20O2S/c1-5-7-13(6-2)14-8-10-15(11-9-14)18(16,17)12(3)4/h1,8-13H,6-7H2,2-4H3. The average Bonchev–Trinajstić information content (AvgIpc) is 2.36. The number of rotatable bonds is 5. The minimum Gasteiger partial charge on any atom is -0.223 e. The molecule has 1 aromatic carbocycles. The summed E-state index contributed by atoms with van der Waals surface area (Å²) in [6, 6.07) is 7.12. The van der Waals surface area contributed by atoms with Crippen molar-refractivity contribution in [2.75, 3.05) is 0 Å². The van der Waals surface area contributed by atoms with Crippen molar-refractivity contribution >= 4 is 9.84 Å². The Balaban J connectivity index is 3.04. The van der Waals surface area contributed by atoms with Crippen molar-refractivity contribution in [1.82, 2.24) is 0 Å². The third-order valence-corrected chi connectivity index (χ3v) is 5.33. The summed E-state index contributed by atoms with van der Waals surface area (Å²) < 4.78 is 24.0. The first-order valence-electron chi connectivity index (χ1n) is 6.20. The Morgan fingerprint density at radius 3 is 2.17 bits per heavy atom. The molecule has 0 aliphatic heterocycles. The lowest BCUT2D eigenvalue weighted by Gasteiger charge is -2.13. The van der Waals surface area contributed by atoms with Gasteiger partial charge in [0.05, 0.1) is 10.1 Å². The first-order chi connectivity index (χ1) is 8.43. The maximum absolute atomic E-state index is 12.0. The molecule has 0 aliphatic rings. The van der Waals surface area contributed by atoms with Crippen LogP contribution < -0.4 is 0 Å². The maximum Gasteiger partial charge on any atom is 0.180 e. The van der Waals surface area contributed by atoms with Crippen LogP contribution in [-0.4, -0.2) is 13.7 Å². The maximum atomic E-state index is 12.0. The van der Waals surface area contributed by atoms with Gasteiger partial charge in [0.25, 0.3) is 0 Å². The van der Waals surface area contributed by atoms with Crippen molar-refractivity contribution in [3.8, 4) is 12.3 Å². The minimum atomic E-state index is -3.18. The lowest BCUT2D eigenvalue weighted by atomic mass is 9.94. The summed E-state index contributed by atoms with van der Waals surface area (Å²) >= 11 is 0. The van der Waals surface area contributed by atoms with E-state index < -0.39 is 15.1 Å². The third-order valence-electron chi connectivity index (χ3n) is 3.16. The monoisotopic (exact) mass is 264 g/mol. The number of hydrogen-bond acceptors (Lipinski definition) is 2. The predicted molar refractivity (Wildman–Crippen MR) is 75.2 cm³/mol. The first kappa shape index (κ1) is 14.8. The second-order valence-electron chi connectivity index (χ2n) is 4.68. The molecule has 18 heavy (non-hydrogen) atoms. The van der Waals surface area contributed by atoms with Crippen LogP contribution in [0.1, 0.15) is 45.1 Å². The molecule has 1 unspecified atom stereocenters. The van der Waals surface area contributed by atoms with E-state index in [1.54, 1.807) is 26.0 Å². The molecule has 0 heterocycles. The Kier molecular flexibility index (Phi) is 4.98. The van der Waals surface area contributed by atoms with Crippen LogP contribution in [0, 0.1) is 12.3 Å². The molecule has 0 bridgehead atoms. The fourth-order valence-electron chi connectivity index (χ4n) is 1.84. The highest BCUT2D eigenvalue weighted by molar-refractivity contribution is 7.92. The van der Waals surface area contributed by atoms with Gasteiger partial charge in [-0.15, -0.1) is 12.3 Å². The summed E-state index contributed by atoms with van der Waals surface area (Å²) in [4.78, 5) is 0.386. The van der Waals surface area contributed by atoms with E-state index >= 15 is 0 Å². The highest BCUT2D eigenvalue weighted by Gasteiger charge is 2.19. The van der Waals surface area contributed by atoms with Gasteiger partial charge in [-0.2, -0.15) is 0 Å². The van der Waals surface area contributed by atoms with Crippen molar-refractivity contribution in [3.05, 3.63) is 29.8 Å². The topological polar surface area (TPSA) is 34.1 Å². The van der Waals surface area contributed by atoms with Crippen LogP contribution in [0.4, 0.5) is 0 Å². The SMILES string of the molecule is C#CCC(CC)c1ccc(S(=O)(=O)C(C)C)cc1. The molecule has 0 aliphatic carbocycles. The summed E-state index contributed by atoms with van der Waals surface area (Å²) in [5.74, 6) is 2.97. The summed E-state index contributed by atoms with van der Waals surface area (Å²) in [6.45, 7) is 5.47. The van der Waals surface area contributed by atoms with Crippen molar-refractivity contribution in [2.45, 2.75) is 49.7 Å². The predicted octanol–water partition coefficient (Wildman–Crippen LogP) is 3.39. The van der Waals surface area contributed by atoms with Crippen molar-refractivity contribution in [1.29, 1.82) is 0 Å². The number of benzene rings is 1. The fourth-order valence-corrected chi connectivity index (χ4v) is 2.90. The lowest BCUT2D eigenvalue weighted by molar-refractivity contribution is 0.587. The summed E-state index contributed by atoms with van der Waals surface area (Å²) in [5, 5.41) is -0.393. The highest BCUT2D eigenvalue weighted by atomic mass is 32.2. The summed E-state index contributed by atoms with van der Waals surface area (Å²) in [5.41, 5.74) is 1.11. The lowest BCUT2D eigenvalue weighted by Crippen LogP contribution is -2.14. The first-order valence-corrected chi connectivity index (χ1v) is 7.75. The van der Waals surface area contributed by atoms with E-state index in [1.807, 2.05) is 12.1 Å². The Labute approximate surface area is 110 Å². The largest absolute Gasteiger partial charge is 0.223 e. The number of hydrogen-bond donors (Lipinski definition) is 0. The van der Waals surface area contributed by atoms with Gasteiger partial charge in [0.15, 0.2) is 9.84 Å². The van der Waals surface area contributed by atoms with Crippen LogP contribution in [0.15, 0.2) is 29.2 Å². The number of terminal acetylenes is 1. The van der Waals surface area contributed by atoms with Crippen molar-refractivity contribution in [3.63, 3.8) is 0 Å². The van der Waals surface area contributed by atoms with Crippen LogP contribution in [-0.2, 0) is 9.84 Å². The molecular formula is C15H20O2S. The Morgan fingerprint density at radius 2 is 1.78 bits per heavy atom. The molecule has 1 atom stereocenters. The van der Waals surface area contributed by atoms with Crippen LogP contribution in [0.5, 0.6) is 0 Å². The molecule has 1 aromatic rings. The Morgan fingerprint density at radius 1 is 1.22 bits per heavy atom. The van der Waals surface area contributed by atoms with Gasteiger partial charge in [0.2, 0.25) is 0 Å². The van der Waals surface area contributed by atoms with Gasteiger partial charge in [0.1, 0.15) is 0 Å². The van der Waals surface area contributed by atoms with E-state index in [0.29, 0.717) is 17.2 Å². The summed E-state index contributed by atoms with van der Waals surface area (Å²) in [7, 11) is -3.18. The van der Waals surface area contributed by atoms with Crippen LogP contribution >= 0.6 is 0 Å². The van der Waals surface area contributed by atoms with Gasteiger partial charge < -0.3 is 0 Å². The van der Waals surface area contributed by atoms with Gasteiger partial charge in [0, 0.05) is 6.42 Å². The molecular weight excluding hydrogens is 244 g/mol. The van der Waals surface area contributed by atoms with E-state index in [1.165, 1.54) is 0 Å². The van der Waals surface area contributed by atoms with Gasteiger partial charge in [-0.05, 0) is 43.9 Å². The van der Waals surface area contributed by atoms with Crippen LogP contribution in [0.25, 0.3) is 0 Å². The second-order valence-corrected chi connectivity index (χ2v) is 7.18. The van der Waals surface area contributed by atoms with Gasteiger partial charge in [-0.1, -0.05) is 19.1 Å². The molecule has 0 radical (unpaired) electrons. The number of sulfone groups is 1. The van der Waals surface area contributed by atoms with E-state index in [-0.39, 0.29) is 0 Å². The molecule has 3 heteroatoms. The zero-order valence-electron chi connectivity index (χ0n) is 11.2. The summed E-state index contributed by atoms with van der Waals surface area (Å²) in [6.07, 6.45) is 6.98. The van der Waals surface area contributed by atoms with Crippen LogP contribution in [0.2, 0.25) is 0 Å². The molecule has 2 nitrogen and oxygen atoms in total. The molecule has 0 aromatic heterocycles. The zero-order chi connectivity index (χ0) is 13.8. The molecule has 0 saturated carbocycles. The minimum absolute atomic E-state index is 0.311. The van der Waals surface area contributed by atoms with Crippen molar-refractivity contribution < 1.29 is 8.42 Å². The molecule has 0 N–H and O–H groups in total. The Hall–Kier alpha value is -1.27. The zero-order valence-corrected chi connectivity index (χ0v) is 12.0. The molecule has 98 valence electrons. The second kappa shape index (κ2) is 6.06.